The molecule has 84 valence electrons. The highest BCUT2D eigenvalue weighted by atomic mass is 16.2. The lowest BCUT2D eigenvalue weighted by atomic mass is 10.0. The van der Waals surface area contributed by atoms with Gasteiger partial charge in [-0.25, -0.2) is 0 Å². The second kappa shape index (κ2) is 6.38. The van der Waals surface area contributed by atoms with E-state index in [-0.39, 0.29) is 11.8 Å². The summed E-state index contributed by atoms with van der Waals surface area (Å²) < 4.78 is 0. The minimum atomic E-state index is -0.329. The van der Waals surface area contributed by atoms with Gasteiger partial charge in [-0.05, 0) is 5.92 Å². The molecule has 2 aliphatic rings. The molecule has 1 fully saturated rings. The third-order valence-electron chi connectivity index (χ3n) is 2.78. The molecule has 1 N–H and O–H groups in total. The van der Waals surface area contributed by atoms with E-state index in [4.69, 9.17) is 0 Å². The Morgan fingerprint density at radius 3 is 1.80 bits per heavy atom. The molecule has 3 nitrogen and oxygen atoms in total. The second-order valence-electron chi connectivity index (χ2n) is 4.28. The van der Waals surface area contributed by atoms with Crippen LogP contribution < -0.4 is 5.32 Å². The summed E-state index contributed by atoms with van der Waals surface area (Å²) in [5.74, 6) is 0.368. The number of carbonyl (C=O) groups is 2. The Hall–Kier alpha value is -1.12. The molecular formula is C12H19NO2. The Labute approximate surface area is 90.9 Å². The van der Waals surface area contributed by atoms with E-state index >= 15 is 0 Å². The molecule has 0 unspecified atom stereocenters. The summed E-state index contributed by atoms with van der Waals surface area (Å²) in [6, 6.07) is 0. The first kappa shape index (κ1) is 12.0. The molecule has 1 aliphatic carbocycles. The van der Waals surface area contributed by atoms with Crippen LogP contribution in [0.5, 0.6) is 0 Å². The first-order valence-electron chi connectivity index (χ1n) is 5.71. The van der Waals surface area contributed by atoms with Gasteiger partial charge in [-0.2, -0.15) is 0 Å². The van der Waals surface area contributed by atoms with Gasteiger partial charge in [-0.15, -0.1) is 0 Å². The van der Waals surface area contributed by atoms with Crippen molar-refractivity contribution in [3.8, 4) is 0 Å². The molecule has 2 amide bonds. The van der Waals surface area contributed by atoms with E-state index < -0.39 is 0 Å². The van der Waals surface area contributed by atoms with Crippen LogP contribution in [0, 0.1) is 5.92 Å². The fourth-order valence-corrected chi connectivity index (χ4v) is 1.84. The lowest BCUT2D eigenvalue weighted by molar-refractivity contribution is -0.123. The molecule has 0 atom stereocenters. The van der Waals surface area contributed by atoms with Gasteiger partial charge in [0, 0.05) is 12.2 Å². The first-order chi connectivity index (χ1) is 7.18. The summed E-state index contributed by atoms with van der Waals surface area (Å²) in [6.07, 6.45) is 11.3. The average molecular weight is 209 g/mol. The van der Waals surface area contributed by atoms with Crippen molar-refractivity contribution in [3.63, 3.8) is 0 Å². The van der Waals surface area contributed by atoms with E-state index in [1.807, 2.05) is 5.32 Å². The number of carbonyl (C=O) groups excluding carboxylic acids is 2. The third kappa shape index (κ3) is 5.35. The Morgan fingerprint density at radius 1 is 1.00 bits per heavy atom. The molecule has 1 heterocycles. The maximum atomic E-state index is 10.0. The van der Waals surface area contributed by atoms with E-state index in [0.29, 0.717) is 0 Å². The van der Waals surface area contributed by atoms with Gasteiger partial charge < -0.3 is 0 Å². The van der Waals surface area contributed by atoms with Gasteiger partial charge in [0.2, 0.25) is 0 Å². The standard InChI is InChI=1S/C8H16.C4H3NO2/c1-8-6-4-2-3-5-7-8;6-3-1-2-4(7)5-3/h8H,2-7H2,1H3;1-2H,(H,5,6,7). The van der Waals surface area contributed by atoms with Gasteiger partial charge in [0.05, 0.1) is 0 Å². The minimum Gasteiger partial charge on any atom is -0.289 e. The SMILES string of the molecule is CC1CCCCCC1.O=C1C=CC(=O)N1. The quantitative estimate of drug-likeness (QED) is 0.491. The molecule has 0 bridgehead atoms. The van der Waals surface area contributed by atoms with Crippen molar-refractivity contribution >= 4 is 11.8 Å². The van der Waals surface area contributed by atoms with Crippen molar-refractivity contribution in [3.05, 3.63) is 12.2 Å². The lowest BCUT2D eigenvalue weighted by Crippen LogP contribution is -2.19. The molecule has 0 saturated heterocycles. The molecule has 1 aliphatic heterocycles. The maximum Gasteiger partial charge on any atom is 0.250 e. The second-order valence-corrected chi connectivity index (χ2v) is 4.28. The zero-order valence-corrected chi connectivity index (χ0v) is 9.29. The van der Waals surface area contributed by atoms with Gasteiger partial charge in [0.15, 0.2) is 0 Å². The molecule has 0 spiro atoms. The molecule has 0 aromatic carbocycles. The minimum absolute atomic E-state index is 0.329. The van der Waals surface area contributed by atoms with E-state index in [9.17, 15) is 9.59 Å². The summed E-state index contributed by atoms with van der Waals surface area (Å²) in [5, 5.41) is 2.03. The predicted molar refractivity (Wildman–Crippen MR) is 59.2 cm³/mol. The van der Waals surface area contributed by atoms with E-state index in [2.05, 4.69) is 6.92 Å². The molecule has 3 heteroatoms. The topological polar surface area (TPSA) is 46.2 Å². The Bertz CT molecular complexity index is 234. The summed E-state index contributed by atoms with van der Waals surface area (Å²) in [6.45, 7) is 2.38. The van der Waals surface area contributed by atoms with Gasteiger partial charge >= 0.3 is 0 Å². The van der Waals surface area contributed by atoms with Gasteiger partial charge in [-0.3, -0.25) is 14.9 Å². The van der Waals surface area contributed by atoms with Crippen LogP contribution in [-0.4, -0.2) is 11.8 Å². The van der Waals surface area contributed by atoms with Crippen LogP contribution in [0.2, 0.25) is 0 Å². The number of hydrogen-bond donors (Lipinski definition) is 1. The molecule has 0 aromatic rings. The molecule has 0 radical (unpaired) electrons. The summed E-state index contributed by atoms with van der Waals surface area (Å²) in [7, 11) is 0. The molecular weight excluding hydrogens is 190 g/mol. The lowest BCUT2D eigenvalue weighted by Gasteiger charge is -2.02. The van der Waals surface area contributed by atoms with Gasteiger partial charge in [-0.1, -0.05) is 45.4 Å². The van der Waals surface area contributed by atoms with Crippen LogP contribution in [0.25, 0.3) is 0 Å². The fraction of sp³-hybridized carbons (Fsp3) is 0.667. The van der Waals surface area contributed by atoms with Crippen molar-refractivity contribution in [1.82, 2.24) is 5.32 Å². The number of imide groups is 1. The summed E-state index contributed by atoms with van der Waals surface area (Å²) in [5.41, 5.74) is 0. The summed E-state index contributed by atoms with van der Waals surface area (Å²) >= 11 is 0. The van der Waals surface area contributed by atoms with Crippen molar-refractivity contribution < 1.29 is 9.59 Å². The number of hydrogen-bond acceptors (Lipinski definition) is 2. The van der Waals surface area contributed by atoms with Crippen LogP contribution in [0.3, 0.4) is 0 Å². The Kier molecular flexibility index (Phi) is 5.08. The molecule has 1 saturated carbocycles. The predicted octanol–water partition coefficient (Wildman–Crippen LogP) is 2.18. The van der Waals surface area contributed by atoms with Crippen molar-refractivity contribution in [2.75, 3.05) is 0 Å². The van der Waals surface area contributed by atoms with E-state index in [0.717, 1.165) is 5.92 Å². The van der Waals surface area contributed by atoms with Crippen molar-refractivity contribution in [2.45, 2.75) is 45.4 Å². The zero-order valence-electron chi connectivity index (χ0n) is 9.29. The maximum absolute atomic E-state index is 10.0. The fourth-order valence-electron chi connectivity index (χ4n) is 1.84. The van der Waals surface area contributed by atoms with Gasteiger partial charge in [0.1, 0.15) is 0 Å². The van der Waals surface area contributed by atoms with Crippen LogP contribution in [0.1, 0.15) is 45.4 Å². The zero-order chi connectivity index (χ0) is 11.1. The monoisotopic (exact) mass is 209 g/mol. The highest BCUT2D eigenvalue weighted by molar-refractivity contribution is 6.12. The normalized spacial score (nSPS) is 21.7. The highest BCUT2D eigenvalue weighted by Crippen LogP contribution is 2.21. The van der Waals surface area contributed by atoms with E-state index in [1.165, 1.54) is 50.7 Å². The molecule has 2 rings (SSSR count). The van der Waals surface area contributed by atoms with Crippen molar-refractivity contribution in [2.24, 2.45) is 5.92 Å². The number of nitrogens with one attached hydrogen (secondary N) is 1. The number of rotatable bonds is 0. The highest BCUT2D eigenvalue weighted by Gasteiger charge is 2.07. The van der Waals surface area contributed by atoms with Crippen LogP contribution in [0.4, 0.5) is 0 Å². The smallest absolute Gasteiger partial charge is 0.250 e. The van der Waals surface area contributed by atoms with Crippen LogP contribution in [-0.2, 0) is 9.59 Å². The largest absolute Gasteiger partial charge is 0.289 e. The average Bonchev–Trinajstić information content (AvgIpc) is 2.44. The molecule has 15 heavy (non-hydrogen) atoms. The van der Waals surface area contributed by atoms with Crippen molar-refractivity contribution in [1.29, 1.82) is 0 Å². The first-order valence-corrected chi connectivity index (χ1v) is 5.71. The van der Waals surface area contributed by atoms with Gasteiger partial charge in [0.25, 0.3) is 11.8 Å². The Balaban J connectivity index is 0.000000151. The van der Waals surface area contributed by atoms with E-state index in [1.54, 1.807) is 0 Å². The number of amides is 2. The molecule has 0 aromatic heterocycles. The van der Waals surface area contributed by atoms with Crippen LogP contribution in [0.15, 0.2) is 12.2 Å². The summed E-state index contributed by atoms with van der Waals surface area (Å²) in [4.78, 5) is 20.1. The Morgan fingerprint density at radius 2 is 1.47 bits per heavy atom. The third-order valence-corrected chi connectivity index (χ3v) is 2.78. The van der Waals surface area contributed by atoms with Crippen LogP contribution >= 0.6 is 0 Å².